The summed E-state index contributed by atoms with van der Waals surface area (Å²) in [5.41, 5.74) is 0.870. The summed E-state index contributed by atoms with van der Waals surface area (Å²) >= 11 is 0. The molecule has 0 fully saturated rings. The summed E-state index contributed by atoms with van der Waals surface area (Å²) in [5, 5.41) is 16.8. The molecule has 0 atom stereocenters. The molecule has 0 saturated heterocycles. The first-order valence-electron chi connectivity index (χ1n) is 2.77. The first-order valence-corrected chi connectivity index (χ1v) is 2.77. The molecule has 0 aliphatic heterocycles. The number of hydrogen-bond donors (Lipinski definition) is 0. The van der Waals surface area contributed by atoms with Gasteiger partial charge in [-0.2, -0.15) is 10.5 Å². The van der Waals surface area contributed by atoms with Gasteiger partial charge in [0, 0.05) is 5.57 Å². The van der Waals surface area contributed by atoms with E-state index in [1.54, 1.807) is 24.3 Å². The summed E-state index contributed by atoms with van der Waals surface area (Å²) < 4.78 is 0. The van der Waals surface area contributed by atoms with E-state index in [4.69, 9.17) is 10.5 Å². The van der Waals surface area contributed by atoms with E-state index >= 15 is 0 Å². The van der Waals surface area contributed by atoms with Crippen LogP contribution in [0.1, 0.15) is 0 Å². The predicted octanol–water partition coefficient (Wildman–Crippen LogP) is 1.46. The second-order valence-electron chi connectivity index (χ2n) is 1.77. The van der Waals surface area contributed by atoms with Crippen LogP contribution in [0.3, 0.4) is 0 Å². The van der Waals surface area contributed by atoms with Crippen LogP contribution in [0, 0.1) is 22.7 Å². The van der Waals surface area contributed by atoms with Crippen LogP contribution in [0.2, 0.25) is 0 Å². The molecule has 2 nitrogen and oxygen atoms in total. The van der Waals surface area contributed by atoms with Crippen LogP contribution in [0.15, 0.2) is 35.5 Å². The number of rotatable bonds is 0. The fourth-order valence-corrected chi connectivity index (χ4v) is 0.695. The molecule has 0 aromatic rings. The Hall–Kier alpha value is -1.80. The summed E-state index contributed by atoms with van der Waals surface area (Å²) in [6, 6.07) is 3.62. The normalized spacial score (nSPS) is 12.8. The Morgan fingerprint density at radius 3 is 2.00 bits per heavy atom. The Kier molecular flexibility index (Phi) is 1.68. The maximum Gasteiger partial charge on any atom is 0.136 e. The minimum atomic E-state index is 0.171. The minimum Gasteiger partial charge on any atom is -0.192 e. The van der Waals surface area contributed by atoms with Crippen LogP contribution in [-0.4, -0.2) is 0 Å². The number of hydrogen-bond acceptors (Lipinski definition) is 2. The zero-order valence-corrected chi connectivity index (χ0v) is 5.20. The van der Waals surface area contributed by atoms with E-state index in [-0.39, 0.29) is 5.57 Å². The molecule has 0 aromatic carbocycles. The van der Waals surface area contributed by atoms with E-state index in [1.807, 2.05) is 12.1 Å². The second kappa shape index (κ2) is 2.66. The molecule has 0 heterocycles. The monoisotopic (exact) mass is 128 g/mol. The Labute approximate surface area is 59.0 Å². The molecule has 0 N–H and O–H groups in total. The van der Waals surface area contributed by atoms with Gasteiger partial charge in [-0.25, -0.2) is 0 Å². The van der Waals surface area contributed by atoms with E-state index in [9.17, 15) is 0 Å². The van der Waals surface area contributed by atoms with Gasteiger partial charge in [-0.1, -0.05) is 24.3 Å². The van der Waals surface area contributed by atoms with Crippen LogP contribution < -0.4 is 0 Å². The third kappa shape index (κ3) is 0.962. The summed E-state index contributed by atoms with van der Waals surface area (Å²) in [7, 11) is 0. The molecule has 0 amide bonds. The average Bonchev–Trinajstić information content (AvgIpc) is 2.43. The lowest BCUT2D eigenvalue weighted by molar-refractivity contribution is 1.44. The molecule has 1 aliphatic rings. The van der Waals surface area contributed by atoms with E-state index in [0.717, 1.165) is 0 Å². The maximum atomic E-state index is 8.39. The highest BCUT2D eigenvalue weighted by Crippen LogP contribution is 2.11. The molecule has 46 valence electrons. The third-order valence-corrected chi connectivity index (χ3v) is 1.17. The fraction of sp³-hybridized carbons (Fsp3) is 0. The predicted molar refractivity (Wildman–Crippen MR) is 36.5 cm³/mol. The van der Waals surface area contributed by atoms with E-state index in [2.05, 4.69) is 0 Å². The SMILES string of the molecule is N#CC(C#N)=C1C=CC=C1. The van der Waals surface area contributed by atoms with Gasteiger partial charge in [0.05, 0.1) is 0 Å². The molecular formula is C8H4N2. The summed E-state index contributed by atoms with van der Waals surface area (Å²) in [4.78, 5) is 0. The minimum absolute atomic E-state index is 0.171. The van der Waals surface area contributed by atoms with Crippen LogP contribution in [0.4, 0.5) is 0 Å². The number of allylic oxidation sites excluding steroid dienone is 6. The average molecular weight is 128 g/mol. The van der Waals surface area contributed by atoms with Crippen molar-refractivity contribution in [1.29, 1.82) is 10.5 Å². The van der Waals surface area contributed by atoms with Crippen molar-refractivity contribution >= 4 is 0 Å². The van der Waals surface area contributed by atoms with Crippen LogP contribution >= 0.6 is 0 Å². The van der Waals surface area contributed by atoms with Gasteiger partial charge in [0.25, 0.3) is 0 Å². The molecule has 10 heavy (non-hydrogen) atoms. The fourth-order valence-electron chi connectivity index (χ4n) is 0.695. The molecule has 2 heteroatoms. The lowest BCUT2D eigenvalue weighted by atomic mass is 10.1. The van der Waals surface area contributed by atoms with E-state index in [1.165, 1.54) is 0 Å². The van der Waals surface area contributed by atoms with Crippen molar-refractivity contribution in [3.8, 4) is 12.1 Å². The molecule has 0 radical (unpaired) electrons. The second-order valence-corrected chi connectivity index (χ2v) is 1.77. The van der Waals surface area contributed by atoms with Gasteiger partial charge in [-0.3, -0.25) is 0 Å². The number of nitriles is 2. The number of nitrogens with zero attached hydrogens (tertiary/aromatic N) is 2. The van der Waals surface area contributed by atoms with Gasteiger partial charge >= 0.3 is 0 Å². The summed E-state index contributed by atoms with van der Waals surface area (Å²) in [5.74, 6) is 0. The van der Waals surface area contributed by atoms with E-state index in [0.29, 0.717) is 5.57 Å². The smallest absolute Gasteiger partial charge is 0.136 e. The molecule has 0 spiro atoms. The van der Waals surface area contributed by atoms with Crippen molar-refractivity contribution in [3.63, 3.8) is 0 Å². The summed E-state index contributed by atoms with van der Waals surface area (Å²) in [6.45, 7) is 0. The molecule has 0 bridgehead atoms. The van der Waals surface area contributed by atoms with Crippen molar-refractivity contribution in [2.45, 2.75) is 0 Å². The van der Waals surface area contributed by atoms with Crippen molar-refractivity contribution in [3.05, 3.63) is 35.5 Å². The van der Waals surface area contributed by atoms with Crippen molar-refractivity contribution in [1.82, 2.24) is 0 Å². The Morgan fingerprint density at radius 2 is 1.60 bits per heavy atom. The Balaban J connectivity index is 3.10. The van der Waals surface area contributed by atoms with Crippen LogP contribution in [0.5, 0.6) is 0 Å². The van der Waals surface area contributed by atoms with Crippen LogP contribution in [0.25, 0.3) is 0 Å². The van der Waals surface area contributed by atoms with Gasteiger partial charge in [0.15, 0.2) is 0 Å². The van der Waals surface area contributed by atoms with Crippen molar-refractivity contribution in [2.75, 3.05) is 0 Å². The highest BCUT2D eigenvalue weighted by molar-refractivity contribution is 5.53. The lowest BCUT2D eigenvalue weighted by Crippen LogP contribution is -1.76. The molecular weight excluding hydrogens is 124 g/mol. The molecule has 0 unspecified atom stereocenters. The molecule has 1 rings (SSSR count). The van der Waals surface area contributed by atoms with Gasteiger partial charge < -0.3 is 0 Å². The van der Waals surface area contributed by atoms with Gasteiger partial charge in [-0.15, -0.1) is 0 Å². The lowest BCUT2D eigenvalue weighted by Gasteiger charge is -1.84. The van der Waals surface area contributed by atoms with Gasteiger partial charge in [0.1, 0.15) is 17.7 Å². The maximum absolute atomic E-state index is 8.39. The Morgan fingerprint density at radius 1 is 1.10 bits per heavy atom. The topological polar surface area (TPSA) is 47.6 Å². The van der Waals surface area contributed by atoms with E-state index < -0.39 is 0 Å². The van der Waals surface area contributed by atoms with Crippen molar-refractivity contribution in [2.24, 2.45) is 0 Å². The quantitative estimate of drug-likeness (QED) is 0.463. The highest BCUT2D eigenvalue weighted by Gasteiger charge is 2.00. The van der Waals surface area contributed by atoms with Gasteiger partial charge in [-0.05, 0) is 0 Å². The molecule has 1 aliphatic carbocycles. The zero-order valence-electron chi connectivity index (χ0n) is 5.20. The third-order valence-electron chi connectivity index (χ3n) is 1.17. The first kappa shape index (κ1) is 6.32. The molecule has 0 saturated carbocycles. The molecule has 0 aromatic heterocycles. The largest absolute Gasteiger partial charge is 0.192 e. The van der Waals surface area contributed by atoms with Crippen molar-refractivity contribution < 1.29 is 0 Å². The van der Waals surface area contributed by atoms with Gasteiger partial charge in [0.2, 0.25) is 0 Å². The zero-order chi connectivity index (χ0) is 7.40. The first-order chi connectivity index (χ1) is 4.88. The highest BCUT2D eigenvalue weighted by atomic mass is 14.3. The Bertz CT molecular complexity index is 275. The van der Waals surface area contributed by atoms with Crippen LogP contribution in [-0.2, 0) is 0 Å². The standard InChI is InChI=1S/C8H4N2/c9-5-8(6-10)7-3-1-2-4-7/h1-4H. The summed E-state index contributed by atoms with van der Waals surface area (Å²) in [6.07, 6.45) is 7.07.